The van der Waals surface area contributed by atoms with E-state index in [9.17, 15) is 4.79 Å². The van der Waals surface area contributed by atoms with Crippen molar-refractivity contribution in [1.29, 1.82) is 0 Å². The lowest BCUT2D eigenvalue weighted by atomic mass is 10.1. The number of allylic oxidation sites excluding steroid dienone is 1. The Morgan fingerprint density at radius 1 is 1.22 bits per heavy atom. The van der Waals surface area contributed by atoms with Crippen molar-refractivity contribution in [1.82, 2.24) is 9.55 Å². The van der Waals surface area contributed by atoms with Crippen molar-refractivity contribution in [2.24, 2.45) is 0 Å². The van der Waals surface area contributed by atoms with E-state index in [1.54, 1.807) is 0 Å². The van der Waals surface area contributed by atoms with Crippen molar-refractivity contribution >= 4 is 28.6 Å². The van der Waals surface area contributed by atoms with Crippen LogP contribution in [0.15, 0.2) is 72.4 Å². The van der Waals surface area contributed by atoms with Gasteiger partial charge in [0.05, 0.1) is 16.3 Å². The fraction of sp³-hybridized carbons (Fsp3) is 0.158. The van der Waals surface area contributed by atoms with Crippen LogP contribution in [0.4, 0.5) is 0 Å². The van der Waals surface area contributed by atoms with Crippen LogP contribution in [0.2, 0.25) is 0 Å². The summed E-state index contributed by atoms with van der Waals surface area (Å²) in [6.07, 6.45) is 1.85. The minimum atomic E-state index is -0.197. The van der Waals surface area contributed by atoms with E-state index in [4.69, 9.17) is 0 Å². The highest BCUT2D eigenvalue weighted by Crippen LogP contribution is 2.28. The maximum absolute atomic E-state index is 12.6. The smallest absolute Gasteiger partial charge is 0.175 e. The number of ketones is 1. The van der Waals surface area contributed by atoms with Crippen LogP contribution in [0, 0.1) is 0 Å². The van der Waals surface area contributed by atoms with Gasteiger partial charge in [-0.3, -0.25) is 4.79 Å². The van der Waals surface area contributed by atoms with Gasteiger partial charge in [0.2, 0.25) is 0 Å². The Bertz CT molecular complexity index is 839. The van der Waals surface area contributed by atoms with Gasteiger partial charge in [-0.05, 0) is 19.1 Å². The summed E-state index contributed by atoms with van der Waals surface area (Å²) in [5.74, 6) is 0.118. The summed E-state index contributed by atoms with van der Waals surface area (Å²) in [7, 11) is 0. The van der Waals surface area contributed by atoms with Gasteiger partial charge in [-0.15, -0.1) is 6.58 Å². The minimum Gasteiger partial charge on any atom is -0.315 e. The number of thioether (sulfide) groups is 1. The van der Waals surface area contributed by atoms with Crippen LogP contribution >= 0.6 is 11.8 Å². The fourth-order valence-electron chi connectivity index (χ4n) is 2.50. The number of imidazole rings is 1. The van der Waals surface area contributed by atoms with Crippen LogP contribution in [0.5, 0.6) is 0 Å². The summed E-state index contributed by atoms with van der Waals surface area (Å²) in [5, 5.41) is 0.653. The summed E-state index contributed by atoms with van der Waals surface area (Å²) < 4.78 is 2.10. The molecule has 1 atom stereocenters. The third-order valence-electron chi connectivity index (χ3n) is 3.64. The molecule has 0 spiro atoms. The monoisotopic (exact) mass is 322 g/mol. The van der Waals surface area contributed by atoms with Crippen LogP contribution in [0.1, 0.15) is 17.3 Å². The first-order valence-corrected chi connectivity index (χ1v) is 8.40. The van der Waals surface area contributed by atoms with Crippen molar-refractivity contribution in [3.8, 4) is 0 Å². The van der Waals surface area contributed by atoms with Gasteiger partial charge in [0.25, 0.3) is 0 Å². The molecule has 0 radical (unpaired) electrons. The average molecular weight is 322 g/mol. The Morgan fingerprint density at radius 3 is 2.65 bits per heavy atom. The SMILES string of the molecule is C=CCn1c(SC(C)C(=O)c2ccccc2)nc2ccccc21. The van der Waals surface area contributed by atoms with Crippen LogP contribution in [0.3, 0.4) is 0 Å². The second-order valence-corrected chi connectivity index (χ2v) is 6.58. The van der Waals surface area contributed by atoms with Crippen molar-refractivity contribution in [2.45, 2.75) is 23.9 Å². The molecule has 1 aromatic heterocycles. The Kier molecular flexibility index (Phi) is 4.63. The summed E-state index contributed by atoms with van der Waals surface area (Å²) in [6, 6.07) is 17.4. The molecule has 116 valence electrons. The number of hydrogen-bond acceptors (Lipinski definition) is 3. The first-order chi connectivity index (χ1) is 11.2. The molecule has 1 heterocycles. The molecule has 0 aliphatic carbocycles. The quantitative estimate of drug-likeness (QED) is 0.378. The van der Waals surface area contributed by atoms with Gasteiger partial charge in [0.15, 0.2) is 10.9 Å². The molecule has 2 aromatic carbocycles. The molecule has 23 heavy (non-hydrogen) atoms. The van der Waals surface area contributed by atoms with Crippen LogP contribution in [0.25, 0.3) is 11.0 Å². The van der Waals surface area contributed by atoms with E-state index in [2.05, 4.69) is 16.1 Å². The van der Waals surface area contributed by atoms with Gasteiger partial charge in [-0.2, -0.15) is 0 Å². The van der Waals surface area contributed by atoms with E-state index in [1.807, 2.05) is 67.6 Å². The largest absolute Gasteiger partial charge is 0.315 e. The van der Waals surface area contributed by atoms with Gasteiger partial charge in [-0.25, -0.2) is 4.98 Å². The van der Waals surface area contributed by atoms with Crippen LogP contribution in [-0.4, -0.2) is 20.6 Å². The number of rotatable bonds is 6. The number of aromatic nitrogens is 2. The number of hydrogen-bond donors (Lipinski definition) is 0. The van der Waals surface area contributed by atoms with Crippen molar-refractivity contribution in [2.75, 3.05) is 0 Å². The molecule has 3 nitrogen and oxygen atoms in total. The molecule has 3 aromatic rings. The molecule has 0 bridgehead atoms. The predicted molar refractivity (Wildman–Crippen MR) is 96.0 cm³/mol. The molecule has 0 saturated heterocycles. The molecule has 0 saturated carbocycles. The van der Waals surface area contributed by atoms with Gasteiger partial charge < -0.3 is 4.57 Å². The Balaban J connectivity index is 1.90. The Labute approximate surface area is 140 Å². The molecule has 0 amide bonds. The molecular weight excluding hydrogens is 304 g/mol. The normalized spacial score (nSPS) is 12.2. The Hall–Kier alpha value is -2.33. The first-order valence-electron chi connectivity index (χ1n) is 7.53. The van der Waals surface area contributed by atoms with Gasteiger partial charge in [0.1, 0.15) is 0 Å². The van der Waals surface area contributed by atoms with E-state index in [1.165, 1.54) is 11.8 Å². The standard InChI is InChI=1S/C19H18N2OS/c1-3-13-21-17-12-8-7-11-16(17)20-19(21)23-14(2)18(22)15-9-5-4-6-10-15/h3-12,14H,1,13H2,2H3. The first kappa shape index (κ1) is 15.6. The molecule has 4 heteroatoms. The predicted octanol–water partition coefficient (Wildman–Crippen LogP) is 4.59. The van der Waals surface area contributed by atoms with E-state index < -0.39 is 0 Å². The van der Waals surface area contributed by atoms with Crippen molar-refractivity contribution in [3.63, 3.8) is 0 Å². The number of fused-ring (bicyclic) bond motifs is 1. The summed E-state index contributed by atoms with van der Waals surface area (Å²) in [6.45, 7) is 6.42. The Morgan fingerprint density at radius 2 is 1.91 bits per heavy atom. The highest BCUT2D eigenvalue weighted by atomic mass is 32.2. The zero-order valence-corrected chi connectivity index (χ0v) is 13.8. The number of para-hydroxylation sites is 2. The maximum atomic E-state index is 12.6. The van der Waals surface area contributed by atoms with E-state index in [0.717, 1.165) is 21.8 Å². The van der Waals surface area contributed by atoms with Gasteiger partial charge in [0, 0.05) is 12.1 Å². The number of nitrogens with zero attached hydrogens (tertiary/aromatic N) is 2. The molecule has 3 rings (SSSR count). The lowest BCUT2D eigenvalue weighted by Gasteiger charge is -2.11. The third-order valence-corrected chi connectivity index (χ3v) is 4.73. The number of Topliss-reactive ketones (excluding diaryl/α,β-unsaturated/α-hetero) is 1. The van der Waals surface area contributed by atoms with Crippen molar-refractivity contribution in [3.05, 3.63) is 72.8 Å². The average Bonchev–Trinajstić information content (AvgIpc) is 2.93. The number of benzene rings is 2. The summed E-state index contributed by atoms with van der Waals surface area (Å²) in [5.41, 5.74) is 2.74. The minimum absolute atomic E-state index is 0.118. The fourth-order valence-corrected chi connectivity index (χ4v) is 3.51. The molecule has 0 N–H and O–H groups in total. The zero-order chi connectivity index (χ0) is 16.2. The molecule has 0 fully saturated rings. The van der Waals surface area contributed by atoms with Gasteiger partial charge in [-0.1, -0.05) is 60.3 Å². The maximum Gasteiger partial charge on any atom is 0.175 e. The second-order valence-electron chi connectivity index (χ2n) is 5.27. The number of carbonyl (C=O) groups is 1. The van der Waals surface area contributed by atoms with Crippen LogP contribution in [-0.2, 0) is 6.54 Å². The van der Waals surface area contributed by atoms with E-state index >= 15 is 0 Å². The van der Waals surface area contributed by atoms with E-state index in [0.29, 0.717) is 6.54 Å². The topological polar surface area (TPSA) is 34.9 Å². The summed E-state index contributed by atoms with van der Waals surface area (Å²) in [4.78, 5) is 17.2. The molecular formula is C19H18N2OS. The van der Waals surface area contributed by atoms with Crippen molar-refractivity contribution < 1.29 is 4.79 Å². The molecule has 0 aliphatic rings. The molecule has 0 aliphatic heterocycles. The lowest BCUT2D eigenvalue weighted by Crippen LogP contribution is -2.14. The third kappa shape index (κ3) is 3.22. The van der Waals surface area contributed by atoms with E-state index in [-0.39, 0.29) is 11.0 Å². The lowest BCUT2D eigenvalue weighted by molar-refractivity contribution is 0.0994. The zero-order valence-electron chi connectivity index (χ0n) is 13.0. The van der Waals surface area contributed by atoms with Gasteiger partial charge >= 0.3 is 0 Å². The number of carbonyl (C=O) groups excluding carboxylic acids is 1. The second kappa shape index (κ2) is 6.84. The van der Waals surface area contributed by atoms with Crippen LogP contribution < -0.4 is 0 Å². The highest BCUT2D eigenvalue weighted by molar-refractivity contribution is 8.00. The highest BCUT2D eigenvalue weighted by Gasteiger charge is 2.20. The summed E-state index contributed by atoms with van der Waals surface area (Å²) >= 11 is 1.49. The molecule has 1 unspecified atom stereocenters.